The third-order valence-electron chi connectivity index (χ3n) is 6.77. The van der Waals surface area contributed by atoms with Crippen molar-refractivity contribution in [3.8, 4) is 0 Å². The number of nitrogens with zero attached hydrogens (tertiary/aromatic N) is 1. The van der Waals surface area contributed by atoms with E-state index in [9.17, 15) is 9.59 Å². The molecule has 0 saturated carbocycles. The van der Waals surface area contributed by atoms with E-state index in [1.807, 2.05) is 78.7 Å². The molecular formula is C29H28N2O2S2. The summed E-state index contributed by atoms with van der Waals surface area (Å²) in [6.45, 7) is 4.00. The molecule has 35 heavy (non-hydrogen) atoms. The molecule has 2 atom stereocenters. The summed E-state index contributed by atoms with van der Waals surface area (Å²) in [7, 11) is 0. The Hall–Kier alpha value is -3.09. The Morgan fingerprint density at radius 2 is 1.74 bits per heavy atom. The fourth-order valence-corrected chi connectivity index (χ4v) is 7.50. The van der Waals surface area contributed by atoms with E-state index < -0.39 is 5.54 Å². The lowest BCUT2D eigenvalue weighted by Gasteiger charge is -2.60. The van der Waals surface area contributed by atoms with Crippen molar-refractivity contribution in [2.75, 3.05) is 5.75 Å². The second-order valence-corrected chi connectivity index (χ2v) is 11.0. The van der Waals surface area contributed by atoms with Gasteiger partial charge >= 0.3 is 0 Å². The molecular weight excluding hydrogens is 472 g/mol. The second kappa shape index (κ2) is 9.88. The van der Waals surface area contributed by atoms with Crippen molar-refractivity contribution in [1.82, 2.24) is 10.2 Å². The molecule has 1 aromatic heterocycles. The summed E-state index contributed by atoms with van der Waals surface area (Å²) in [4.78, 5) is 30.6. The van der Waals surface area contributed by atoms with Crippen LogP contribution in [-0.4, -0.2) is 33.4 Å². The Balaban J connectivity index is 1.63. The van der Waals surface area contributed by atoms with Crippen LogP contribution in [0, 0.1) is 0 Å². The van der Waals surface area contributed by atoms with E-state index >= 15 is 0 Å². The first-order chi connectivity index (χ1) is 17.1. The lowest BCUT2D eigenvalue weighted by atomic mass is 9.68. The van der Waals surface area contributed by atoms with Gasteiger partial charge in [-0.15, -0.1) is 23.1 Å². The number of hydrogen-bond donors (Lipinski definition) is 1. The zero-order valence-electron chi connectivity index (χ0n) is 19.8. The van der Waals surface area contributed by atoms with Crippen molar-refractivity contribution in [3.05, 3.63) is 118 Å². The normalized spacial score (nSPS) is 21.9. The highest BCUT2D eigenvalue weighted by atomic mass is 32.2. The van der Waals surface area contributed by atoms with Crippen LogP contribution in [0.25, 0.3) is 0 Å². The average Bonchev–Trinajstić information content (AvgIpc) is 3.39. The predicted molar refractivity (Wildman–Crippen MR) is 144 cm³/mol. The van der Waals surface area contributed by atoms with E-state index in [1.165, 1.54) is 0 Å². The molecule has 2 aliphatic rings. The van der Waals surface area contributed by atoms with Crippen LogP contribution in [0.1, 0.15) is 35.8 Å². The van der Waals surface area contributed by atoms with Crippen LogP contribution in [0.4, 0.5) is 0 Å². The van der Waals surface area contributed by atoms with Gasteiger partial charge in [-0.1, -0.05) is 78.9 Å². The van der Waals surface area contributed by atoms with Gasteiger partial charge in [0.2, 0.25) is 5.91 Å². The summed E-state index contributed by atoms with van der Waals surface area (Å²) in [5.74, 6) is 0.309. The van der Waals surface area contributed by atoms with E-state index in [1.54, 1.807) is 23.1 Å². The number of β-lactam (4-membered cyclic amide) rings is 1. The first-order valence-corrected chi connectivity index (χ1v) is 13.7. The zero-order valence-corrected chi connectivity index (χ0v) is 21.4. The van der Waals surface area contributed by atoms with E-state index in [4.69, 9.17) is 0 Å². The van der Waals surface area contributed by atoms with Crippen molar-refractivity contribution in [3.63, 3.8) is 0 Å². The van der Waals surface area contributed by atoms with Gasteiger partial charge < -0.3 is 5.32 Å². The Kier molecular flexibility index (Phi) is 6.67. The minimum absolute atomic E-state index is 0.0496. The van der Waals surface area contributed by atoms with Crippen LogP contribution in [-0.2, 0) is 16.0 Å². The van der Waals surface area contributed by atoms with Gasteiger partial charge in [0.25, 0.3) is 5.91 Å². The number of amides is 2. The maximum atomic E-state index is 14.2. The van der Waals surface area contributed by atoms with E-state index in [0.717, 1.165) is 33.0 Å². The van der Waals surface area contributed by atoms with Gasteiger partial charge in [0.05, 0.1) is 6.42 Å². The minimum atomic E-state index is -1.08. The average molecular weight is 501 g/mol. The molecule has 1 fully saturated rings. The van der Waals surface area contributed by atoms with Crippen LogP contribution in [0.2, 0.25) is 0 Å². The van der Waals surface area contributed by atoms with E-state index in [2.05, 4.69) is 35.7 Å². The third-order valence-corrected chi connectivity index (χ3v) is 9.02. The topological polar surface area (TPSA) is 49.4 Å². The molecule has 0 unspecified atom stereocenters. The fraction of sp³-hybridized carbons (Fsp3) is 0.241. The van der Waals surface area contributed by atoms with Gasteiger partial charge in [-0.25, -0.2) is 0 Å². The molecule has 6 heteroatoms. The summed E-state index contributed by atoms with van der Waals surface area (Å²) in [6, 6.07) is 24.1. The van der Waals surface area contributed by atoms with Crippen LogP contribution in [0.5, 0.6) is 0 Å². The van der Waals surface area contributed by atoms with Crippen LogP contribution < -0.4 is 5.32 Å². The smallest absolute Gasteiger partial charge is 0.257 e. The molecule has 178 valence electrons. The molecule has 4 nitrogen and oxygen atoms in total. The Labute approximate surface area is 214 Å². The van der Waals surface area contributed by atoms with E-state index in [-0.39, 0.29) is 29.5 Å². The Bertz CT molecular complexity index is 1230. The quantitative estimate of drug-likeness (QED) is 0.421. The molecule has 1 saturated heterocycles. The standard InChI is InChI=1S/C29H28N2O2S2/c1-3-11-23-19-35-28-29(27(33)31(28)20(23)2,30-25(32)18-24-16-10-17-34-24)26(21-12-6-4-7-13-21)22-14-8-5-9-15-22/h3-17,26,28H,18-19H2,1-2H3,(H,30,32)/t28-,29+/m0/s1. The first-order valence-electron chi connectivity index (χ1n) is 11.8. The largest absolute Gasteiger partial charge is 0.338 e. The highest BCUT2D eigenvalue weighted by Gasteiger charge is 2.67. The lowest BCUT2D eigenvalue weighted by Crippen LogP contribution is -2.81. The number of nitrogens with one attached hydrogen (secondary N) is 1. The highest BCUT2D eigenvalue weighted by molar-refractivity contribution is 8.00. The van der Waals surface area contributed by atoms with Gasteiger partial charge in [-0.2, -0.15) is 0 Å². The van der Waals surface area contributed by atoms with Crippen molar-refractivity contribution >= 4 is 34.9 Å². The van der Waals surface area contributed by atoms with Crippen molar-refractivity contribution < 1.29 is 9.59 Å². The van der Waals surface area contributed by atoms with E-state index in [0.29, 0.717) is 0 Å². The SMILES string of the molecule is CC=CC1=C(C)N2C(=O)[C@](NC(=O)Cc3cccs3)(C(c3ccccc3)c3ccccc3)[C@@H]2SC1. The maximum absolute atomic E-state index is 14.2. The molecule has 2 aromatic carbocycles. The summed E-state index contributed by atoms with van der Waals surface area (Å²) < 4.78 is 0. The number of thioether (sulfide) groups is 1. The number of carbonyl (C=O) groups excluding carboxylic acids is 2. The van der Waals surface area contributed by atoms with Crippen molar-refractivity contribution in [2.45, 2.75) is 37.1 Å². The van der Waals surface area contributed by atoms with Gasteiger partial charge in [0, 0.05) is 22.2 Å². The van der Waals surface area contributed by atoms with Crippen molar-refractivity contribution in [1.29, 1.82) is 0 Å². The molecule has 3 heterocycles. The first kappa shape index (κ1) is 23.6. The third kappa shape index (κ3) is 4.15. The summed E-state index contributed by atoms with van der Waals surface area (Å²) in [5, 5.41) is 5.08. The molecule has 0 radical (unpaired) electrons. The maximum Gasteiger partial charge on any atom is 0.257 e. The fourth-order valence-electron chi connectivity index (χ4n) is 5.19. The number of hydrogen-bond acceptors (Lipinski definition) is 4. The summed E-state index contributed by atoms with van der Waals surface area (Å²) in [6.07, 6.45) is 4.35. The molecule has 1 N–H and O–H groups in total. The predicted octanol–water partition coefficient (Wildman–Crippen LogP) is 5.74. The number of rotatable bonds is 7. The molecule has 5 rings (SSSR count). The van der Waals surface area contributed by atoms with Crippen LogP contribution in [0.15, 0.2) is 102 Å². The van der Waals surface area contributed by atoms with Gasteiger partial charge in [0.1, 0.15) is 5.37 Å². The Morgan fingerprint density at radius 3 is 2.31 bits per heavy atom. The lowest BCUT2D eigenvalue weighted by molar-refractivity contribution is -0.157. The summed E-state index contributed by atoms with van der Waals surface area (Å²) >= 11 is 3.28. The molecule has 0 aliphatic carbocycles. The number of carbonyl (C=O) groups is 2. The number of allylic oxidation sites excluding steroid dienone is 3. The second-order valence-electron chi connectivity index (χ2n) is 8.88. The summed E-state index contributed by atoms with van der Waals surface area (Å²) in [5.41, 5.74) is 3.08. The number of fused-ring (bicyclic) bond motifs is 1. The molecule has 0 spiro atoms. The Morgan fingerprint density at radius 1 is 1.09 bits per heavy atom. The van der Waals surface area contributed by atoms with Gasteiger partial charge in [0.15, 0.2) is 5.54 Å². The number of thiophene rings is 1. The monoisotopic (exact) mass is 500 g/mol. The van der Waals surface area contributed by atoms with Gasteiger partial charge in [-0.05, 0) is 42.0 Å². The van der Waals surface area contributed by atoms with Crippen molar-refractivity contribution in [2.24, 2.45) is 0 Å². The molecule has 3 aromatic rings. The highest BCUT2D eigenvalue weighted by Crippen LogP contribution is 2.53. The van der Waals surface area contributed by atoms with Crippen LogP contribution >= 0.6 is 23.1 Å². The molecule has 0 bridgehead atoms. The molecule has 2 amide bonds. The van der Waals surface area contributed by atoms with Gasteiger partial charge in [-0.3, -0.25) is 14.5 Å². The zero-order chi connectivity index (χ0) is 24.4. The van der Waals surface area contributed by atoms with Crippen LogP contribution in [0.3, 0.4) is 0 Å². The minimum Gasteiger partial charge on any atom is -0.338 e. The molecule has 2 aliphatic heterocycles. The number of benzene rings is 2.